The van der Waals surface area contributed by atoms with Gasteiger partial charge in [-0.25, -0.2) is 13.6 Å². The minimum atomic E-state index is -3.17. The maximum absolute atomic E-state index is 9.41. The number of halogens is 2. The van der Waals surface area contributed by atoms with Crippen LogP contribution in [0.15, 0.2) is 22.0 Å². The Labute approximate surface area is 111 Å². The van der Waals surface area contributed by atoms with E-state index in [1.807, 2.05) is 17.5 Å². The molecule has 0 aliphatic rings. The minimum Gasteiger partial charge on any atom is -0.229 e. The molecule has 0 bridgehead atoms. The number of hydrogen-bond acceptors (Lipinski definition) is 4. The molecule has 16 heavy (non-hydrogen) atoms. The van der Waals surface area contributed by atoms with Gasteiger partial charge in [-0.05, 0) is 39.6 Å². The van der Waals surface area contributed by atoms with Crippen molar-refractivity contribution in [2.75, 3.05) is 6.26 Å². The largest absolute Gasteiger partial charge is 0.229 e. The molecule has 0 fully saturated rings. The summed E-state index contributed by atoms with van der Waals surface area (Å²) in [5.74, 6) is 0. The zero-order valence-electron chi connectivity index (χ0n) is 8.15. The fourth-order valence-corrected chi connectivity index (χ4v) is 2.18. The smallest absolute Gasteiger partial charge is 0.206 e. The fraction of sp³-hybridized carbons (Fsp3) is 0.125. The Morgan fingerprint density at radius 1 is 1.50 bits per heavy atom. The summed E-state index contributed by atoms with van der Waals surface area (Å²) >= 11 is 10.8. The molecule has 8 heteroatoms. The molecular formula is C8H8BrClN2O2S2. The van der Waals surface area contributed by atoms with E-state index >= 15 is 0 Å². The van der Waals surface area contributed by atoms with Crippen LogP contribution in [0.5, 0.6) is 0 Å². The molecule has 1 heterocycles. The van der Waals surface area contributed by atoms with Crippen molar-refractivity contribution in [1.29, 1.82) is 0 Å². The van der Waals surface area contributed by atoms with E-state index in [9.17, 15) is 8.42 Å². The van der Waals surface area contributed by atoms with Crippen molar-refractivity contribution >= 4 is 60.0 Å². The number of fused-ring (bicyclic) bond motifs is 1. The van der Waals surface area contributed by atoms with Crippen molar-refractivity contribution in [1.82, 2.24) is 4.37 Å². The van der Waals surface area contributed by atoms with Gasteiger partial charge in [-0.2, -0.15) is 4.37 Å². The van der Waals surface area contributed by atoms with E-state index in [2.05, 4.69) is 25.4 Å². The monoisotopic (exact) mass is 342 g/mol. The van der Waals surface area contributed by atoms with E-state index in [1.54, 1.807) is 0 Å². The quantitative estimate of drug-likeness (QED) is 0.799. The molecule has 2 rings (SSSR count). The number of benzene rings is 1. The van der Waals surface area contributed by atoms with Gasteiger partial charge in [0.15, 0.2) is 0 Å². The van der Waals surface area contributed by atoms with Gasteiger partial charge in [0.1, 0.15) is 0 Å². The van der Waals surface area contributed by atoms with Gasteiger partial charge in [0.25, 0.3) is 0 Å². The Morgan fingerprint density at radius 3 is 2.62 bits per heavy atom. The van der Waals surface area contributed by atoms with Crippen LogP contribution >= 0.6 is 39.1 Å². The number of nitrogens with zero attached hydrogens (tertiary/aromatic N) is 1. The maximum atomic E-state index is 9.41. The second kappa shape index (κ2) is 5.42. The fourth-order valence-electron chi connectivity index (χ4n) is 0.884. The predicted octanol–water partition coefficient (Wildman–Crippen LogP) is 2.62. The highest BCUT2D eigenvalue weighted by Crippen LogP contribution is 2.31. The average Bonchev–Trinajstić information content (AvgIpc) is 2.57. The van der Waals surface area contributed by atoms with Crippen LogP contribution in [0.1, 0.15) is 0 Å². The normalized spacial score (nSPS) is 11.0. The number of aromatic nitrogens is 1. The average molecular weight is 344 g/mol. The second-order valence-corrected chi connectivity index (χ2v) is 6.46. The van der Waals surface area contributed by atoms with Gasteiger partial charge in [-0.1, -0.05) is 11.6 Å². The van der Waals surface area contributed by atoms with Crippen LogP contribution in [-0.4, -0.2) is 19.0 Å². The lowest BCUT2D eigenvalue weighted by Crippen LogP contribution is -2.07. The Kier molecular flexibility index (Phi) is 4.69. The number of hydrogen-bond donors (Lipinski definition) is 1. The molecule has 2 aromatic rings. The molecule has 4 nitrogen and oxygen atoms in total. The summed E-state index contributed by atoms with van der Waals surface area (Å²) in [7, 11) is -3.17. The zero-order valence-corrected chi connectivity index (χ0v) is 12.1. The highest BCUT2D eigenvalue weighted by Gasteiger charge is 2.03. The van der Waals surface area contributed by atoms with Gasteiger partial charge >= 0.3 is 0 Å². The van der Waals surface area contributed by atoms with Gasteiger partial charge in [0.2, 0.25) is 10.0 Å². The van der Waals surface area contributed by atoms with Crippen LogP contribution < -0.4 is 5.14 Å². The molecule has 1 aromatic heterocycles. The molecule has 0 radical (unpaired) electrons. The van der Waals surface area contributed by atoms with E-state index < -0.39 is 10.0 Å². The first-order valence-electron chi connectivity index (χ1n) is 3.95. The van der Waals surface area contributed by atoms with E-state index in [4.69, 9.17) is 11.6 Å². The third kappa shape index (κ3) is 4.34. The molecule has 0 atom stereocenters. The number of sulfonamides is 1. The van der Waals surface area contributed by atoms with Crippen molar-refractivity contribution in [2.24, 2.45) is 5.14 Å². The molecule has 0 aliphatic heterocycles. The van der Waals surface area contributed by atoms with Gasteiger partial charge in [0, 0.05) is 15.2 Å². The van der Waals surface area contributed by atoms with E-state index in [0.717, 1.165) is 26.7 Å². The molecule has 0 aliphatic carbocycles. The maximum Gasteiger partial charge on any atom is 0.206 e. The van der Waals surface area contributed by atoms with Gasteiger partial charge < -0.3 is 0 Å². The molecule has 88 valence electrons. The lowest BCUT2D eigenvalue weighted by atomic mass is 10.3. The van der Waals surface area contributed by atoms with Crippen molar-refractivity contribution in [3.63, 3.8) is 0 Å². The summed E-state index contributed by atoms with van der Waals surface area (Å²) in [6.07, 6.45) is 0.938. The first kappa shape index (κ1) is 13.9. The molecule has 0 unspecified atom stereocenters. The second-order valence-electron chi connectivity index (χ2n) is 2.94. The van der Waals surface area contributed by atoms with Crippen LogP contribution in [0.4, 0.5) is 0 Å². The summed E-state index contributed by atoms with van der Waals surface area (Å²) in [6.45, 7) is 0. The van der Waals surface area contributed by atoms with Crippen LogP contribution in [-0.2, 0) is 10.0 Å². The third-order valence-corrected chi connectivity index (χ3v) is 3.37. The van der Waals surface area contributed by atoms with E-state index in [-0.39, 0.29) is 0 Å². The zero-order chi connectivity index (χ0) is 12.3. The van der Waals surface area contributed by atoms with Crippen LogP contribution in [0.3, 0.4) is 0 Å². The van der Waals surface area contributed by atoms with Crippen molar-refractivity contribution in [3.05, 3.63) is 27.0 Å². The Morgan fingerprint density at radius 2 is 2.06 bits per heavy atom. The molecule has 0 amide bonds. The topological polar surface area (TPSA) is 73.1 Å². The number of primary sulfonamides is 1. The van der Waals surface area contributed by atoms with Gasteiger partial charge in [0.05, 0.1) is 16.8 Å². The van der Waals surface area contributed by atoms with Crippen molar-refractivity contribution in [2.45, 2.75) is 0 Å². The van der Waals surface area contributed by atoms with Crippen molar-refractivity contribution < 1.29 is 8.42 Å². The lowest BCUT2D eigenvalue weighted by Gasteiger charge is -1.94. The highest BCUT2D eigenvalue weighted by atomic mass is 79.9. The molecule has 2 N–H and O–H groups in total. The Hall–Kier alpha value is -0.210. The summed E-state index contributed by atoms with van der Waals surface area (Å²) in [5.41, 5.74) is 0.961. The SMILES string of the molecule is CS(N)(=O)=O.Clc1c(Br)ccc2nscc12. The predicted molar refractivity (Wildman–Crippen MR) is 71.4 cm³/mol. The van der Waals surface area contributed by atoms with E-state index in [0.29, 0.717) is 0 Å². The van der Waals surface area contributed by atoms with Crippen molar-refractivity contribution in [3.8, 4) is 0 Å². The van der Waals surface area contributed by atoms with E-state index in [1.165, 1.54) is 11.5 Å². The summed E-state index contributed by atoms with van der Waals surface area (Å²) in [6, 6.07) is 3.85. The molecule has 1 aromatic carbocycles. The molecule has 0 saturated carbocycles. The highest BCUT2D eigenvalue weighted by molar-refractivity contribution is 9.10. The Bertz CT molecular complexity index is 589. The molecular weight excluding hydrogens is 336 g/mol. The Balaban J connectivity index is 0.000000221. The number of nitrogens with two attached hydrogens (primary N) is 1. The first-order chi connectivity index (χ1) is 7.29. The molecule has 0 saturated heterocycles. The summed E-state index contributed by atoms with van der Waals surface area (Å²) < 4.78 is 23.9. The van der Waals surface area contributed by atoms with Crippen LogP contribution in [0.2, 0.25) is 5.02 Å². The van der Waals surface area contributed by atoms with Crippen LogP contribution in [0, 0.1) is 0 Å². The first-order valence-corrected chi connectivity index (χ1v) is 7.91. The summed E-state index contributed by atoms with van der Waals surface area (Å²) in [4.78, 5) is 0. The van der Waals surface area contributed by atoms with Crippen LogP contribution in [0.25, 0.3) is 10.9 Å². The van der Waals surface area contributed by atoms with Gasteiger partial charge in [-0.3, -0.25) is 0 Å². The third-order valence-electron chi connectivity index (χ3n) is 1.43. The van der Waals surface area contributed by atoms with Gasteiger partial charge in [-0.15, -0.1) is 0 Å². The lowest BCUT2D eigenvalue weighted by molar-refractivity contribution is 0.603. The molecule has 0 spiro atoms. The standard InChI is InChI=1S/C7H3BrClNS.CH5NO2S/c8-5-1-2-6-4(7(5)9)3-11-10-6;1-5(2,3)4/h1-3H;1H3,(H2,2,3,4). The number of rotatable bonds is 0. The summed E-state index contributed by atoms with van der Waals surface area (Å²) in [5, 5.41) is 8.04. The minimum absolute atomic E-state index is 0.747.